The van der Waals surface area contributed by atoms with Crippen molar-refractivity contribution in [3.63, 3.8) is 0 Å². The number of fused-ring (bicyclic) bond motifs is 2. The average molecular weight is 519 g/mol. The smallest absolute Gasteiger partial charge is 0.253 e. The number of thioether (sulfide) groups is 1. The normalized spacial score (nSPS) is 19.9. The molecule has 1 N–H and O–H groups in total. The van der Waals surface area contributed by atoms with Crippen molar-refractivity contribution in [3.8, 4) is 0 Å². The topological polar surface area (TPSA) is 83.6 Å². The molecule has 2 aromatic heterocycles. The molecular weight excluding hydrogens is 504 g/mol. The number of β-lactam (4-membered cyclic amide) rings is 1. The number of rotatable bonds is 5. The number of amides is 2. The second-order valence-electron chi connectivity index (χ2n) is 7.46. The summed E-state index contributed by atoms with van der Waals surface area (Å²) < 4.78 is 14.2. The van der Waals surface area contributed by atoms with Crippen LogP contribution >= 0.6 is 47.1 Å². The minimum Gasteiger partial charge on any atom is -0.341 e. The van der Waals surface area contributed by atoms with Crippen molar-refractivity contribution >= 4 is 79.7 Å². The highest BCUT2D eigenvalue weighted by Gasteiger charge is 2.53. The van der Waals surface area contributed by atoms with Crippen molar-refractivity contribution in [2.45, 2.75) is 17.8 Å². The molecule has 168 valence electrons. The van der Waals surface area contributed by atoms with Gasteiger partial charge in [-0.1, -0.05) is 18.7 Å². The lowest BCUT2D eigenvalue weighted by Crippen LogP contribution is -2.70. The van der Waals surface area contributed by atoms with E-state index in [-0.39, 0.29) is 23.5 Å². The Kier molecular flexibility index (Phi) is 5.89. The number of benzene rings is 1. The van der Waals surface area contributed by atoms with Gasteiger partial charge in [-0.05, 0) is 29.6 Å². The molecule has 1 saturated heterocycles. The van der Waals surface area contributed by atoms with Crippen LogP contribution in [0.2, 0.25) is 0 Å². The van der Waals surface area contributed by atoms with Gasteiger partial charge in [0.05, 0.1) is 6.42 Å². The summed E-state index contributed by atoms with van der Waals surface area (Å²) in [5.74, 6) is -0.795. The van der Waals surface area contributed by atoms with Gasteiger partial charge in [-0.25, -0.2) is 4.39 Å². The van der Waals surface area contributed by atoms with Gasteiger partial charge in [-0.3, -0.25) is 24.1 Å². The van der Waals surface area contributed by atoms with E-state index in [2.05, 4.69) is 17.9 Å². The van der Waals surface area contributed by atoms with Crippen LogP contribution in [0.4, 0.5) is 4.39 Å². The summed E-state index contributed by atoms with van der Waals surface area (Å²) in [5, 5.41) is 3.99. The van der Waals surface area contributed by atoms with Gasteiger partial charge in [0.1, 0.15) is 22.9 Å². The molecule has 0 bridgehead atoms. The molecule has 2 amide bonds. The van der Waals surface area contributed by atoms with Crippen molar-refractivity contribution in [1.29, 1.82) is 0 Å². The predicted molar refractivity (Wildman–Crippen MR) is 132 cm³/mol. The predicted octanol–water partition coefficient (Wildman–Crippen LogP) is 3.27. The lowest BCUT2D eigenvalue weighted by Gasteiger charge is -2.49. The Labute approximate surface area is 204 Å². The Bertz CT molecular complexity index is 1400. The Morgan fingerprint density at radius 3 is 2.76 bits per heavy atom. The average Bonchev–Trinajstić information content (AvgIpc) is 3.28. The van der Waals surface area contributed by atoms with E-state index in [0.29, 0.717) is 26.3 Å². The number of nitrogens with one attached hydrogen (secondary N) is 1. The molecule has 1 unspecified atom stereocenters. The molecule has 1 aromatic carbocycles. The fraction of sp³-hybridized carbons (Fsp3) is 0.182. The quantitative estimate of drug-likeness (QED) is 0.400. The van der Waals surface area contributed by atoms with E-state index >= 15 is 0 Å². The van der Waals surface area contributed by atoms with Crippen LogP contribution in [0.25, 0.3) is 15.7 Å². The highest BCUT2D eigenvalue weighted by Crippen LogP contribution is 2.44. The van der Waals surface area contributed by atoms with Crippen molar-refractivity contribution in [1.82, 2.24) is 10.2 Å². The van der Waals surface area contributed by atoms with Crippen LogP contribution in [-0.2, 0) is 20.8 Å². The van der Waals surface area contributed by atoms with Gasteiger partial charge < -0.3 is 5.32 Å². The Balaban J connectivity index is 1.45. The number of hydrogen-bond donors (Lipinski definition) is 2. The maximum absolute atomic E-state index is 13.7. The molecule has 1 fully saturated rings. The summed E-state index contributed by atoms with van der Waals surface area (Å²) in [5.41, 5.74) is 0.307. The largest absolute Gasteiger partial charge is 0.341 e. The summed E-state index contributed by atoms with van der Waals surface area (Å²) in [6.07, 6.45) is 0.180. The van der Waals surface area contributed by atoms with Crippen LogP contribution in [0.15, 0.2) is 52.3 Å². The zero-order valence-electron chi connectivity index (χ0n) is 16.7. The zero-order valence-corrected chi connectivity index (χ0v) is 20.1. The number of hydrogen-bond acceptors (Lipinski definition) is 7. The van der Waals surface area contributed by atoms with Crippen molar-refractivity contribution < 1.29 is 18.8 Å². The van der Waals surface area contributed by atoms with Gasteiger partial charge in [0, 0.05) is 37.2 Å². The van der Waals surface area contributed by atoms with Crippen molar-refractivity contribution in [2.24, 2.45) is 0 Å². The Morgan fingerprint density at radius 1 is 1.21 bits per heavy atom. The molecule has 6 nitrogen and oxygen atoms in total. The summed E-state index contributed by atoms with van der Waals surface area (Å²) in [6, 6.07) is 8.30. The molecule has 2 aliphatic rings. The van der Waals surface area contributed by atoms with E-state index in [1.165, 1.54) is 63.6 Å². The monoisotopic (exact) mass is 518 g/mol. The molecular formula is C22H15FN2O4S4. The molecule has 0 aliphatic carbocycles. The van der Waals surface area contributed by atoms with Gasteiger partial charge in [-0.2, -0.15) is 0 Å². The van der Waals surface area contributed by atoms with Crippen LogP contribution in [0.5, 0.6) is 0 Å². The fourth-order valence-electron chi connectivity index (χ4n) is 3.88. The minimum atomic E-state index is -0.740. The fourth-order valence-corrected chi connectivity index (χ4v) is 7.43. The third-order valence-electron chi connectivity index (χ3n) is 5.39. The summed E-state index contributed by atoms with van der Waals surface area (Å²) >= 11 is 8.01. The molecule has 0 radical (unpaired) electrons. The van der Waals surface area contributed by atoms with Crippen LogP contribution in [-0.4, -0.2) is 39.0 Å². The SMILES string of the molecule is O=C(Cc1cccs1)NC1C(=O)N2C(C(=O)S)=C(c3cc(=O)c4ccc(F)cc4s3)CS[C@H]12. The van der Waals surface area contributed by atoms with Gasteiger partial charge in [0.2, 0.25) is 11.0 Å². The summed E-state index contributed by atoms with van der Waals surface area (Å²) in [6.45, 7) is 0. The summed E-state index contributed by atoms with van der Waals surface area (Å²) in [4.78, 5) is 53.0. The van der Waals surface area contributed by atoms with E-state index in [1.54, 1.807) is 0 Å². The van der Waals surface area contributed by atoms with E-state index in [9.17, 15) is 23.6 Å². The Morgan fingerprint density at radius 2 is 2.03 bits per heavy atom. The first-order chi connectivity index (χ1) is 15.8. The van der Waals surface area contributed by atoms with E-state index in [0.717, 1.165) is 4.88 Å². The molecule has 0 spiro atoms. The lowest BCUT2D eigenvalue weighted by atomic mass is 10.0. The summed E-state index contributed by atoms with van der Waals surface area (Å²) in [7, 11) is 0. The number of nitrogens with zero attached hydrogens (tertiary/aromatic N) is 1. The number of halogens is 1. The molecule has 4 heterocycles. The van der Waals surface area contributed by atoms with Crippen LogP contribution in [0.3, 0.4) is 0 Å². The van der Waals surface area contributed by atoms with Gasteiger partial charge in [-0.15, -0.1) is 34.4 Å². The molecule has 5 rings (SSSR count). The molecule has 33 heavy (non-hydrogen) atoms. The number of thiophene rings is 1. The molecule has 2 atom stereocenters. The zero-order chi connectivity index (χ0) is 23.3. The van der Waals surface area contributed by atoms with Crippen molar-refractivity contribution in [2.75, 3.05) is 5.75 Å². The van der Waals surface area contributed by atoms with E-state index < -0.39 is 28.3 Å². The van der Waals surface area contributed by atoms with E-state index in [1.807, 2.05) is 17.5 Å². The van der Waals surface area contributed by atoms with Crippen LogP contribution in [0.1, 0.15) is 9.75 Å². The number of carbonyl (C=O) groups excluding carboxylic acids is 3. The molecule has 0 saturated carbocycles. The van der Waals surface area contributed by atoms with Gasteiger partial charge in [0.15, 0.2) is 5.43 Å². The maximum Gasteiger partial charge on any atom is 0.253 e. The molecule has 11 heteroatoms. The minimum absolute atomic E-state index is 0.0993. The van der Waals surface area contributed by atoms with Crippen molar-refractivity contribution in [3.05, 3.63) is 73.3 Å². The molecule has 3 aromatic rings. The number of thiol groups is 1. The van der Waals surface area contributed by atoms with Crippen LogP contribution < -0.4 is 10.7 Å². The Hall–Kier alpha value is -2.47. The first-order valence-corrected chi connectivity index (χ1v) is 13.0. The number of carbonyl (C=O) groups is 3. The highest BCUT2D eigenvalue weighted by molar-refractivity contribution is 8.00. The first-order valence-electron chi connectivity index (χ1n) is 9.80. The second-order valence-corrected chi connectivity index (χ2v) is 11.1. The maximum atomic E-state index is 13.7. The van der Waals surface area contributed by atoms with E-state index in [4.69, 9.17) is 0 Å². The third kappa shape index (κ3) is 4.03. The highest BCUT2D eigenvalue weighted by atomic mass is 32.2. The third-order valence-corrected chi connectivity index (χ3v) is 8.90. The van der Waals surface area contributed by atoms with Gasteiger partial charge >= 0.3 is 0 Å². The molecule has 2 aliphatic heterocycles. The standard InChI is InChI=1S/C22H15FN2O4S4/c23-10-3-4-12-14(26)8-16(33-15(12)6-10)13-9-32-21-18(20(28)25(21)19(13)22(29)30)24-17(27)7-11-2-1-5-31-11/h1-6,8,18,21H,7,9H2,(H,24,27)(H,29,30)/t18?,21-/m1/s1. The lowest BCUT2D eigenvalue weighted by molar-refractivity contribution is -0.146. The first kappa shape index (κ1) is 22.3. The van der Waals surface area contributed by atoms with Gasteiger partial charge in [0.25, 0.3) is 5.91 Å². The van der Waals surface area contributed by atoms with Crippen LogP contribution in [0, 0.1) is 5.82 Å². The second kappa shape index (κ2) is 8.71.